The molecule has 0 aliphatic rings. The van der Waals surface area contributed by atoms with Crippen molar-refractivity contribution in [3.8, 4) is 0 Å². The van der Waals surface area contributed by atoms with Gasteiger partial charge in [-0.1, -0.05) is 182 Å². The van der Waals surface area contributed by atoms with Gasteiger partial charge in [0, 0.05) is 0 Å². The Kier molecular flexibility index (Phi) is 11.0. The normalized spacial score (nSPS) is 11.9. The fourth-order valence-electron chi connectivity index (χ4n) is 6.28. The number of hydrogen-bond donors (Lipinski definition) is 0. The molecule has 0 fully saturated rings. The van der Waals surface area contributed by atoms with Crippen molar-refractivity contribution in [3.63, 3.8) is 0 Å². The Labute approximate surface area is 283 Å². The minimum absolute atomic E-state index is 0.299. The predicted molar refractivity (Wildman–Crippen MR) is 194 cm³/mol. The molecule has 0 bridgehead atoms. The van der Waals surface area contributed by atoms with Crippen molar-refractivity contribution >= 4 is 11.8 Å². The van der Waals surface area contributed by atoms with Crippen molar-refractivity contribution in [2.24, 2.45) is 0 Å². The number of rotatable bonds is 15. The van der Waals surface area contributed by atoms with Gasteiger partial charge in [0.15, 0.2) is 0 Å². The average molecular weight is 637 g/mol. The minimum atomic E-state index is -0.861. The Hall–Kier alpha value is -4.45. The number of ether oxygens (including phenoxy) is 3. The highest BCUT2D eigenvalue weighted by Crippen LogP contribution is 2.42. The monoisotopic (exact) mass is 636 g/mol. The maximum absolute atomic E-state index is 7.22. The molecule has 0 saturated carbocycles. The average Bonchev–Trinajstić information content (AvgIpc) is 3.16. The summed E-state index contributed by atoms with van der Waals surface area (Å²) in [4.78, 5) is 0. The van der Waals surface area contributed by atoms with Gasteiger partial charge in [0.05, 0.1) is 19.2 Å². The molecule has 47 heavy (non-hydrogen) atoms. The maximum atomic E-state index is 7.22. The molecule has 236 valence electrons. The molecule has 0 heterocycles. The van der Waals surface area contributed by atoms with Gasteiger partial charge in [-0.2, -0.15) is 0 Å². The molecule has 0 spiro atoms. The van der Waals surface area contributed by atoms with E-state index in [1.807, 2.05) is 42.7 Å². The Morgan fingerprint density at radius 3 is 0.851 bits per heavy atom. The van der Waals surface area contributed by atoms with Gasteiger partial charge in [0.2, 0.25) is 0 Å². The van der Waals surface area contributed by atoms with E-state index >= 15 is 0 Å². The van der Waals surface area contributed by atoms with Crippen LogP contribution in [0.25, 0.3) is 0 Å². The molecule has 6 rings (SSSR count). The van der Waals surface area contributed by atoms with Gasteiger partial charge in [0.25, 0.3) is 0 Å². The highest BCUT2D eigenvalue weighted by molar-refractivity contribution is 7.98. The molecule has 0 N–H and O–H groups in total. The molecule has 0 unspecified atom stereocenters. The van der Waals surface area contributed by atoms with Gasteiger partial charge in [-0.25, -0.2) is 0 Å². The minimum Gasteiger partial charge on any atom is -0.363 e. The Morgan fingerprint density at radius 1 is 0.404 bits per heavy atom. The molecule has 6 aromatic rings. The van der Waals surface area contributed by atoms with Crippen LogP contribution in [0.5, 0.6) is 0 Å². The van der Waals surface area contributed by atoms with Crippen LogP contribution in [-0.4, -0.2) is 31.5 Å². The lowest BCUT2D eigenvalue weighted by Crippen LogP contribution is -2.40. The van der Waals surface area contributed by atoms with Crippen LogP contribution >= 0.6 is 11.8 Å². The number of benzene rings is 6. The molecular formula is C43H40O3S. The van der Waals surface area contributed by atoms with Gasteiger partial charge < -0.3 is 14.2 Å². The van der Waals surface area contributed by atoms with Crippen LogP contribution in [0.3, 0.4) is 0 Å². The van der Waals surface area contributed by atoms with Crippen LogP contribution < -0.4 is 0 Å². The standard InChI is InChI=1S/C43H40O3S/c1-47-34-44-41(32-45-42(35-20-8-2-9-21-35,36-22-10-3-11-23-36)37-24-12-4-13-25-37)33-46-43(38-26-14-5-15-27-38,39-28-16-6-17-29-39)40-30-18-7-19-31-40/h2-31,41H,32-34H2,1H3. The molecule has 0 atom stereocenters. The van der Waals surface area contributed by atoms with Crippen LogP contribution in [0.2, 0.25) is 0 Å². The van der Waals surface area contributed by atoms with Crippen molar-refractivity contribution in [2.45, 2.75) is 17.3 Å². The largest absolute Gasteiger partial charge is 0.363 e. The van der Waals surface area contributed by atoms with Gasteiger partial charge in [0.1, 0.15) is 17.3 Å². The first-order valence-electron chi connectivity index (χ1n) is 16.0. The SMILES string of the molecule is CSCOC(COC(c1ccccc1)(c1ccccc1)c1ccccc1)COC(c1ccccc1)(c1ccccc1)c1ccccc1. The molecule has 0 aromatic heterocycles. The third-order valence-electron chi connectivity index (χ3n) is 8.47. The summed E-state index contributed by atoms with van der Waals surface area (Å²) in [7, 11) is 0. The van der Waals surface area contributed by atoms with E-state index in [4.69, 9.17) is 14.2 Å². The Bertz CT molecular complexity index is 1430. The summed E-state index contributed by atoms with van der Waals surface area (Å²) in [6, 6.07) is 62.7. The van der Waals surface area contributed by atoms with Gasteiger partial charge in [-0.3, -0.25) is 0 Å². The summed E-state index contributed by atoms with van der Waals surface area (Å²) < 4.78 is 20.9. The predicted octanol–water partition coefficient (Wildman–Crippen LogP) is 9.71. The summed E-state index contributed by atoms with van der Waals surface area (Å²) in [5, 5.41) is 0. The lowest BCUT2D eigenvalue weighted by Gasteiger charge is -2.39. The molecule has 4 heteroatoms. The van der Waals surface area contributed by atoms with Crippen LogP contribution in [0.4, 0.5) is 0 Å². The molecule has 6 aromatic carbocycles. The third-order valence-corrected chi connectivity index (χ3v) is 8.85. The lowest BCUT2D eigenvalue weighted by molar-refractivity contribution is -0.104. The summed E-state index contributed by atoms with van der Waals surface area (Å²) >= 11 is 1.64. The zero-order chi connectivity index (χ0) is 32.2. The van der Waals surface area contributed by atoms with Crippen LogP contribution in [0, 0.1) is 0 Å². The number of thioether (sulfide) groups is 1. The van der Waals surface area contributed by atoms with E-state index in [-0.39, 0.29) is 6.10 Å². The van der Waals surface area contributed by atoms with Gasteiger partial charge in [-0.15, -0.1) is 11.8 Å². The van der Waals surface area contributed by atoms with E-state index in [0.717, 1.165) is 33.4 Å². The van der Waals surface area contributed by atoms with Crippen LogP contribution in [0.1, 0.15) is 33.4 Å². The second-order valence-electron chi connectivity index (χ2n) is 11.4. The van der Waals surface area contributed by atoms with Crippen LogP contribution in [-0.2, 0) is 25.4 Å². The smallest absolute Gasteiger partial charge is 0.143 e. The Morgan fingerprint density at radius 2 is 0.638 bits per heavy atom. The fraction of sp³-hybridized carbons (Fsp3) is 0.163. The Balaban J connectivity index is 1.41. The van der Waals surface area contributed by atoms with Crippen molar-refractivity contribution in [3.05, 3.63) is 215 Å². The van der Waals surface area contributed by atoms with E-state index < -0.39 is 11.2 Å². The van der Waals surface area contributed by atoms with Crippen molar-refractivity contribution in [2.75, 3.05) is 25.4 Å². The molecule has 0 radical (unpaired) electrons. The highest BCUT2D eigenvalue weighted by Gasteiger charge is 2.40. The van der Waals surface area contributed by atoms with E-state index in [1.54, 1.807) is 11.8 Å². The quantitative estimate of drug-likeness (QED) is 0.0829. The van der Waals surface area contributed by atoms with E-state index in [0.29, 0.717) is 19.2 Å². The van der Waals surface area contributed by atoms with Crippen molar-refractivity contribution < 1.29 is 14.2 Å². The second-order valence-corrected chi connectivity index (χ2v) is 12.2. The highest BCUT2D eigenvalue weighted by atomic mass is 32.2. The van der Waals surface area contributed by atoms with E-state index in [9.17, 15) is 0 Å². The first-order valence-corrected chi connectivity index (χ1v) is 17.4. The van der Waals surface area contributed by atoms with E-state index in [1.165, 1.54) is 0 Å². The van der Waals surface area contributed by atoms with E-state index in [2.05, 4.69) is 146 Å². The fourth-order valence-corrected chi connectivity index (χ4v) is 6.61. The first kappa shape index (κ1) is 32.5. The zero-order valence-corrected chi connectivity index (χ0v) is 27.5. The first-order chi connectivity index (χ1) is 23.3. The van der Waals surface area contributed by atoms with Gasteiger partial charge in [-0.05, 0) is 39.6 Å². The lowest BCUT2D eigenvalue weighted by atomic mass is 9.80. The third kappa shape index (κ3) is 7.12. The summed E-state index contributed by atoms with van der Waals surface area (Å²) in [5.41, 5.74) is 4.58. The number of hydrogen-bond acceptors (Lipinski definition) is 4. The van der Waals surface area contributed by atoms with Gasteiger partial charge >= 0.3 is 0 Å². The van der Waals surface area contributed by atoms with Crippen molar-refractivity contribution in [1.82, 2.24) is 0 Å². The summed E-state index contributed by atoms with van der Waals surface area (Å²) in [6.07, 6.45) is 1.68. The van der Waals surface area contributed by atoms with Crippen LogP contribution in [0.15, 0.2) is 182 Å². The molecule has 3 nitrogen and oxygen atoms in total. The molecule has 0 aliphatic heterocycles. The molecular weight excluding hydrogens is 597 g/mol. The summed E-state index contributed by atoms with van der Waals surface area (Å²) in [6.45, 7) is 0.599. The molecule has 0 saturated heterocycles. The topological polar surface area (TPSA) is 27.7 Å². The molecule has 0 aliphatic carbocycles. The summed E-state index contributed by atoms with van der Waals surface area (Å²) in [5.74, 6) is 0.515. The maximum Gasteiger partial charge on any atom is 0.143 e. The van der Waals surface area contributed by atoms with Crippen molar-refractivity contribution in [1.29, 1.82) is 0 Å². The molecule has 0 amide bonds. The zero-order valence-electron chi connectivity index (χ0n) is 26.7. The second kappa shape index (κ2) is 15.9.